The van der Waals surface area contributed by atoms with Gasteiger partial charge in [0.1, 0.15) is 12.4 Å². The fourth-order valence-electron chi connectivity index (χ4n) is 1.10. The van der Waals surface area contributed by atoms with Crippen molar-refractivity contribution < 1.29 is 9.47 Å². The Morgan fingerprint density at radius 1 is 1.25 bits per heavy atom. The van der Waals surface area contributed by atoms with Crippen LogP contribution >= 0.6 is 11.6 Å². The average molecular weight is 245 g/mol. The summed E-state index contributed by atoms with van der Waals surface area (Å²) in [6.45, 7) is 6.60. The van der Waals surface area contributed by atoms with Crippen molar-refractivity contribution in [3.63, 3.8) is 0 Å². The molecule has 1 atom stereocenters. The number of benzene rings is 1. The van der Waals surface area contributed by atoms with Crippen LogP contribution in [0.25, 0.3) is 0 Å². The van der Waals surface area contributed by atoms with Gasteiger partial charge in [-0.15, -0.1) is 0 Å². The summed E-state index contributed by atoms with van der Waals surface area (Å²) in [7, 11) is 1.68. The highest BCUT2D eigenvalue weighted by Crippen LogP contribution is 2.23. The van der Waals surface area contributed by atoms with Gasteiger partial charge in [0.15, 0.2) is 0 Å². The third-order valence-electron chi connectivity index (χ3n) is 2.05. The third-order valence-corrected chi connectivity index (χ3v) is 2.36. The van der Waals surface area contributed by atoms with E-state index in [4.69, 9.17) is 21.1 Å². The minimum absolute atomic E-state index is 0.131. The quantitative estimate of drug-likeness (QED) is 0.774. The molecule has 0 aliphatic heterocycles. The summed E-state index contributed by atoms with van der Waals surface area (Å²) in [6.07, 6.45) is 1.06. The maximum Gasteiger partial charge on any atom is 0.138 e. The molecule has 0 amide bonds. The molecule has 0 aliphatic carbocycles. The van der Waals surface area contributed by atoms with E-state index < -0.39 is 0 Å². The molecular formula is C13H21ClO2. The van der Waals surface area contributed by atoms with Gasteiger partial charge in [-0.25, -0.2) is 0 Å². The fourth-order valence-corrected chi connectivity index (χ4v) is 1.29. The van der Waals surface area contributed by atoms with E-state index >= 15 is 0 Å². The smallest absolute Gasteiger partial charge is 0.138 e. The van der Waals surface area contributed by atoms with E-state index in [1.807, 2.05) is 38.1 Å². The Kier molecular flexibility index (Phi) is 9.06. The molecule has 0 spiro atoms. The first-order valence-electron chi connectivity index (χ1n) is 5.68. The summed E-state index contributed by atoms with van der Waals surface area (Å²) < 4.78 is 10.7. The third kappa shape index (κ3) is 5.38. The second kappa shape index (κ2) is 9.49. The van der Waals surface area contributed by atoms with Gasteiger partial charge in [0.2, 0.25) is 0 Å². The Hall–Kier alpha value is -0.730. The first-order valence-corrected chi connectivity index (χ1v) is 6.05. The number of ether oxygens (including phenoxy) is 2. The Balaban J connectivity index is 0.00000106. The molecule has 0 aromatic heterocycles. The van der Waals surface area contributed by atoms with Crippen LogP contribution in [0.1, 0.15) is 27.2 Å². The summed E-state index contributed by atoms with van der Waals surface area (Å²) in [5.41, 5.74) is 0. The molecule has 0 radical (unpaired) electrons. The summed E-state index contributed by atoms with van der Waals surface area (Å²) >= 11 is 5.93. The van der Waals surface area contributed by atoms with Gasteiger partial charge in [0.05, 0.1) is 11.1 Å². The molecule has 1 aromatic rings. The second-order valence-electron chi connectivity index (χ2n) is 3.01. The standard InChI is InChI=1S/C11H15ClO2.C2H6/c1-3-9(13-2)8-14-11-7-5-4-6-10(11)12;1-2/h4-7,9H,3,8H2,1-2H3;1-2H3. The van der Waals surface area contributed by atoms with Crippen LogP contribution in [-0.4, -0.2) is 19.8 Å². The van der Waals surface area contributed by atoms with Crippen molar-refractivity contribution in [3.8, 4) is 5.75 Å². The van der Waals surface area contributed by atoms with Gasteiger partial charge in [-0.2, -0.15) is 0 Å². The van der Waals surface area contributed by atoms with Crippen molar-refractivity contribution in [1.82, 2.24) is 0 Å². The molecule has 0 N–H and O–H groups in total. The molecule has 2 nitrogen and oxygen atoms in total. The van der Waals surface area contributed by atoms with Crippen molar-refractivity contribution in [3.05, 3.63) is 29.3 Å². The highest BCUT2D eigenvalue weighted by atomic mass is 35.5. The molecule has 0 heterocycles. The van der Waals surface area contributed by atoms with Crippen LogP contribution in [-0.2, 0) is 4.74 Å². The van der Waals surface area contributed by atoms with Crippen LogP contribution in [0.3, 0.4) is 0 Å². The lowest BCUT2D eigenvalue weighted by molar-refractivity contribution is 0.0556. The summed E-state index contributed by atoms with van der Waals surface area (Å²) in [5.74, 6) is 0.713. The first kappa shape index (κ1) is 15.3. The molecule has 0 saturated heterocycles. The van der Waals surface area contributed by atoms with Gasteiger partial charge in [0.25, 0.3) is 0 Å². The van der Waals surface area contributed by atoms with Crippen molar-refractivity contribution in [2.24, 2.45) is 0 Å². The zero-order valence-corrected chi connectivity index (χ0v) is 11.3. The van der Waals surface area contributed by atoms with Crippen molar-refractivity contribution in [2.45, 2.75) is 33.3 Å². The van der Waals surface area contributed by atoms with E-state index in [9.17, 15) is 0 Å². The summed E-state index contributed by atoms with van der Waals surface area (Å²) in [5, 5.41) is 0.637. The lowest BCUT2D eigenvalue weighted by atomic mass is 10.3. The Bertz CT molecular complexity index is 272. The largest absolute Gasteiger partial charge is 0.489 e. The molecule has 92 valence electrons. The maximum atomic E-state index is 5.93. The van der Waals surface area contributed by atoms with E-state index in [1.54, 1.807) is 7.11 Å². The lowest BCUT2D eigenvalue weighted by Gasteiger charge is -2.14. The van der Waals surface area contributed by atoms with Gasteiger partial charge >= 0.3 is 0 Å². The minimum atomic E-state index is 0.131. The molecule has 3 heteroatoms. The van der Waals surface area contributed by atoms with Crippen LogP contribution in [0.15, 0.2) is 24.3 Å². The van der Waals surface area contributed by atoms with Crippen LogP contribution in [0.4, 0.5) is 0 Å². The summed E-state index contributed by atoms with van der Waals surface area (Å²) in [4.78, 5) is 0. The SMILES string of the molecule is CC.CCC(COc1ccccc1Cl)OC. The monoisotopic (exact) mass is 244 g/mol. The normalized spacial score (nSPS) is 11.3. The maximum absolute atomic E-state index is 5.93. The molecule has 0 bridgehead atoms. The van der Waals surface area contributed by atoms with E-state index in [2.05, 4.69) is 6.92 Å². The second-order valence-corrected chi connectivity index (χ2v) is 3.41. The lowest BCUT2D eigenvalue weighted by Crippen LogP contribution is -2.19. The molecule has 0 fully saturated rings. The Labute approximate surface area is 104 Å². The Morgan fingerprint density at radius 3 is 2.38 bits per heavy atom. The number of hydrogen-bond donors (Lipinski definition) is 0. The molecule has 0 aliphatic rings. The molecular weight excluding hydrogens is 224 g/mol. The van der Waals surface area contributed by atoms with Crippen LogP contribution in [0, 0.1) is 0 Å². The molecule has 1 aromatic carbocycles. The van der Waals surface area contributed by atoms with Gasteiger partial charge < -0.3 is 9.47 Å². The number of para-hydroxylation sites is 1. The van der Waals surface area contributed by atoms with Crippen LogP contribution in [0.2, 0.25) is 5.02 Å². The van der Waals surface area contributed by atoms with Crippen LogP contribution < -0.4 is 4.74 Å². The zero-order chi connectivity index (χ0) is 12.4. The highest BCUT2D eigenvalue weighted by Gasteiger charge is 2.06. The van der Waals surface area contributed by atoms with Crippen LogP contribution in [0.5, 0.6) is 5.75 Å². The Morgan fingerprint density at radius 2 is 1.88 bits per heavy atom. The topological polar surface area (TPSA) is 18.5 Å². The molecule has 0 saturated carbocycles. The summed E-state index contributed by atoms with van der Waals surface area (Å²) in [6, 6.07) is 7.44. The predicted octanol–water partition coefficient (Wildman–Crippen LogP) is 4.17. The average Bonchev–Trinajstić information content (AvgIpc) is 2.35. The van der Waals surface area contributed by atoms with Crippen molar-refractivity contribution in [2.75, 3.05) is 13.7 Å². The zero-order valence-electron chi connectivity index (χ0n) is 10.5. The number of rotatable bonds is 5. The number of methoxy groups -OCH3 is 1. The van der Waals surface area contributed by atoms with E-state index in [-0.39, 0.29) is 6.10 Å². The highest BCUT2D eigenvalue weighted by molar-refractivity contribution is 6.32. The van der Waals surface area contributed by atoms with Gasteiger partial charge in [-0.3, -0.25) is 0 Å². The predicted molar refractivity (Wildman–Crippen MR) is 69.4 cm³/mol. The molecule has 1 rings (SSSR count). The first-order chi connectivity index (χ1) is 7.77. The van der Waals surface area contributed by atoms with E-state index in [1.165, 1.54) is 0 Å². The minimum Gasteiger partial charge on any atom is -0.489 e. The van der Waals surface area contributed by atoms with Crippen molar-refractivity contribution in [1.29, 1.82) is 0 Å². The molecule has 16 heavy (non-hydrogen) atoms. The molecule has 1 unspecified atom stereocenters. The number of hydrogen-bond acceptors (Lipinski definition) is 2. The van der Waals surface area contributed by atoms with Gasteiger partial charge in [0, 0.05) is 7.11 Å². The number of halogens is 1. The van der Waals surface area contributed by atoms with E-state index in [0.717, 1.165) is 6.42 Å². The van der Waals surface area contributed by atoms with E-state index in [0.29, 0.717) is 17.4 Å². The fraction of sp³-hybridized carbons (Fsp3) is 0.538. The van der Waals surface area contributed by atoms with Gasteiger partial charge in [-0.05, 0) is 18.6 Å². The van der Waals surface area contributed by atoms with Crippen molar-refractivity contribution >= 4 is 11.6 Å². The van der Waals surface area contributed by atoms with Gasteiger partial charge in [-0.1, -0.05) is 44.5 Å².